The summed E-state index contributed by atoms with van der Waals surface area (Å²) in [5.74, 6) is -0.994. The highest BCUT2D eigenvalue weighted by atomic mass is 35.5. The summed E-state index contributed by atoms with van der Waals surface area (Å²) < 4.78 is 0.824. The van der Waals surface area contributed by atoms with E-state index in [0.717, 1.165) is 21.1 Å². The van der Waals surface area contributed by atoms with Crippen molar-refractivity contribution in [3.63, 3.8) is 0 Å². The van der Waals surface area contributed by atoms with E-state index in [1.807, 2.05) is 6.92 Å². The second-order valence-electron chi connectivity index (χ2n) is 2.52. The van der Waals surface area contributed by atoms with Crippen LogP contribution in [-0.2, 0) is 0 Å². The molecule has 4 heteroatoms. The van der Waals surface area contributed by atoms with Crippen LogP contribution in [-0.4, -0.2) is 11.1 Å². The molecule has 1 heterocycles. The summed E-state index contributed by atoms with van der Waals surface area (Å²) in [7, 11) is 0. The fraction of sp³-hybridized carbons (Fsp3) is 0.100. The summed E-state index contributed by atoms with van der Waals surface area (Å²) in [6.07, 6.45) is 5.15. The van der Waals surface area contributed by atoms with Gasteiger partial charge in [-0.2, -0.15) is 0 Å². The molecule has 0 spiro atoms. The Hall–Kier alpha value is -1.06. The molecule has 0 saturated heterocycles. The van der Waals surface area contributed by atoms with Gasteiger partial charge in [-0.1, -0.05) is 30.3 Å². The minimum Gasteiger partial charge on any atom is -0.477 e. The molecule has 0 bridgehead atoms. The molecule has 0 amide bonds. The van der Waals surface area contributed by atoms with Crippen LogP contribution in [0.4, 0.5) is 0 Å². The highest BCUT2D eigenvalue weighted by Gasteiger charge is 2.12. The summed E-state index contributed by atoms with van der Waals surface area (Å²) in [5.41, 5.74) is 0. The van der Waals surface area contributed by atoms with Crippen molar-refractivity contribution >= 4 is 41.1 Å². The van der Waals surface area contributed by atoms with Gasteiger partial charge in [-0.25, -0.2) is 4.79 Å². The third-order valence-corrected chi connectivity index (χ3v) is 3.33. The van der Waals surface area contributed by atoms with Gasteiger partial charge >= 0.3 is 5.97 Å². The lowest BCUT2D eigenvalue weighted by Gasteiger charge is -1.85. The lowest BCUT2D eigenvalue weighted by Crippen LogP contribution is -2.17. The molecule has 14 heavy (non-hydrogen) atoms. The van der Waals surface area contributed by atoms with E-state index < -0.39 is 5.97 Å². The Kier molecular flexibility index (Phi) is 3.49. The summed E-state index contributed by atoms with van der Waals surface area (Å²) in [6.45, 7) is 5.38. The number of hydrogen-bond acceptors (Lipinski definition) is 2. The van der Waals surface area contributed by atoms with Crippen molar-refractivity contribution in [2.24, 2.45) is 0 Å². The van der Waals surface area contributed by atoms with Crippen LogP contribution in [0.5, 0.6) is 0 Å². The molecule has 0 radical (unpaired) electrons. The number of allylic oxidation sites excluding steroid dienone is 1. The molecule has 0 fully saturated rings. The number of carboxylic acid groups (broad SMARTS) is 1. The van der Waals surface area contributed by atoms with Gasteiger partial charge in [-0.05, 0) is 13.0 Å². The fourth-order valence-corrected chi connectivity index (χ4v) is 2.54. The van der Waals surface area contributed by atoms with Crippen LogP contribution in [0.2, 0.25) is 5.02 Å². The van der Waals surface area contributed by atoms with Crippen molar-refractivity contribution in [1.82, 2.24) is 0 Å². The third kappa shape index (κ3) is 1.89. The van der Waals surface area contributed by atoms with Crippen molar-refractivity contribution < 1.29 is 9.90 Å². The van der Waals surface area contributed by atoms with Gasteiger partial charge in [0.1, 0.15) is 4.88 Å². The van der Waals surface area contributed by atoms with Gasteiger partial charge in [0.05, 0.1) is 5.02 Å². The first-order valence-electron chi connectivity index (χ1n) is 3.92. The van der Waals surface area contributed by atoms with Crippen LogP contribution in [0.1, 0.15) is 16.6 Å². The van der Waals surface area contributed by atoms with Gasteiger partial charge in [0, 0.05) is 9.75 Å². The van der Waals surface area contributed by atoms with E-state index in [4.69, 9.17) is 16.7 Å². The van der Waals surface area contributed by atoms with Crippen LogP contribution in [0.3, 0.4) is 0 Å². The maximum atomic E-state index is 10.8. The van der Waals surface area contributed by atoms with E-state index in [2.05, 4.69) is 6.58 Å². The van der Waals surface area contributed by atoms with Gasteiger partial charge in [0.25, 0.3) is 0 Å². The molecule has 1 N–H and O–H groups in total. The lowest BCUT2D eigenvalue weighted by atomic mass is 10.3. The van der Waals surface area contributed by atoms with Crippen molar-refractivity contribution in [1.29, 1.82) is 0 Å². The highest BCUT2D eigenvalue weighted by molar-refractivity contribution is 7.12. The Bertz CT molecular complexity index is 485. The summed E-state index contributed by atoms with van der Waals surface area (Å²) in [5, 5.41) is 9.90. The summed E-state index contributed by atoms with van der Waals surface area (Å²) in [6, 6.07) is 0. The Labute approximate surface area is 90.5 Å². The smallest absolute Gasteiger partial charge is 0.347 e. The minimum atomic E-state index is -0.994. The quantitative estimate of drug-likeness (QED) is 0.839. The number of carboxylic acids is 1. The maximum absolute atomic E-state index is 10.8. The Morgan fingerprint density at radius 3 is 2.71 bits per heavy atom. The maximum Gasteiger partial charge on any atom is 0.347 e. The summed E-state index contributed by atoms with van der Waals surface area (Å²) >= 11 is 7.06. The van der Waals surface area contributed by atoms with E-state index in [1.54, 1.807) is 18.2 Å². The van der Waals surface area contributed by atoms with E-state index in [1.165, 1.54) is 0 Å². The van der Waals surface area contributed by atoms with Gasteiger partial charge < -0.3 is 5.11 Å². The second kappa shape index (κ2) is 4.44. The second-order valence-corrected chi connectivity index (χ2v) is 3.95. The highest BCUT2D eigenvalue weighted by Crippen LogP contribution is 2.13. The van der Waals surface area contributed by atoms with Crippen molar-refractivity contribution in [3.05, 3.63) is 32.3 Å². The SMILES string of the molecule is C=C/C=c1/sc(C(=O)O)c(Cl)/c1=C/C. The first-order valence-corrected chi connectivity index (χ1v) is 5.12. The molecule has 1 rings (SSSR count). The zero-order valence-corrected chi connectivity index (χ0v) is 9.15. The Balaban J connectivity index is 3.65. The number of aromatic carboxylic acids is 1. The molecule has 0 aliphatic carbocycles. The zero-order chi connectivity index (χ0) is 10.7. The monoisotopic (exact) mass is 228 g/mol. The average Bonchev–Trinajstić information content (AvgIpc) is 2.43. The fourth-order valence-electron chi connectivity index (χ4n) is 1.08. The molecule has 1 aromatic rings. The molecule has 0 aromatic carbocycles. The molecule has 2 nitrogen and oxygen atoms in total. The largest absolute Gasteiger partial charge is 0.477 e. The Morgan fingerprint density at radius 1 is 1.64 bits per heavy atom. The van der Waals surface area contributed by atoms with Crippen LogP contribution in [0.25, 0.3) is 12.2 Å². The number of carbonyl (C=O) groups is 1. The number of thiophene rings is 1. The predicted octanol–water partition coefficient (Wildman–Crippen LogP) is 1.87. The number of halogens is 1. The lowest BCUT2D eigenvalue weighted by molar-refractivity contribution is 0.0702. The van der Waals surface area contributed by atoms with Crippen molar-refractivity contribution in [2.75, 3.05) is 0 Å². The predicted molar refractivity (Wildman–Crippen MR) is 60.3 cm³/mol. The topological polar surface area (TPSA) is 37.3 Å². The number of rotatable bonds is 2. The molecular weight excluding hydrogens is 220 g/mol. The first-order chi connectivity index (χ1) is 6.61. The van der Waals surface area contributed by atoms with Gasteiger partial charge in [-0.15, -0.1) is 11.3 Å². The average molecular weight is 229 g/mol. The van der Waals surface area contributed by atoms with Gasteiger partial charge in [0.2, 0.25) is 0 Å². The van der Waals surface area contributed by atoms with E-state index in [9.17, 15) is 4.79 Å². The first kappa shape index (κ1) is 11.0. The molecule has 0 atom stereocenters. The van der Waals surface area contributed by atoms with E-state index in [-0.39, 0.29) is 4.88 Å². The third-order valence-electron chi connectivity index (χ3n) is 1.67. The van der Waals surface area contributed by atoms with Crippen LogP contribution >= 0.6 is 22.9 Å². The van der Waals surface area contributed by atoms with Crippen LogP contribution < -0.4 is 9.75 Å². The molecular formula is C10H9ClO2S. The molecule has 1 aromatic heterocycles. The molecule has 0 saturated carbocycles. The van der Waals surface area contributed by atoms with Crippen LogP contribution in [0.15, 0.2) is 12.7 Å². The van der Waals surface area contributed by atoms with Gasteiger partial charge in [-0.3, -0.25) is 0 Å². The molecule has 0 aliphatic heterocycles. The molecule has 0 aliphatic rings. The van der Waals surface area contributed by atoms with E-state index >= 15 is 0 Å². The molecule has 0 unspecified atom stereocenters. The standard InChI is InChI=1S/C10H9ClO2S/c1-3-5-7-6(4-2)8(11)9(14-7)10(12)13/h3-5H,1H2,2H3,(H,12,13)/b6-4+,7-5+. The van der Waals surface area contributed by atoms with Crippen LogP contribution in [0, 0.1) is 0 Å². The normalized spacial score (nSPS) is 13.3. The summed E-state index contributed by atoms with van der Waals surface area (Å²) in [4.78, 5) is 11.0. The Morgan fingerprint density at radius 2 is 2.29 bits per heavy atom. The minimum absolute atomic E-state index is 0.174. The van der Waals surface area contributed by atoms with E-state index in [0.29, 0.717) is 5.02 Å². The van der Waals surface area contributed by atoms with Crippen molar-refractivity contribution in [2.45, 2.75) is 6.92 Å². The van der Waals surface area contributed by atoms with Crippen molar-refractivity contribution in [3.8, 4) is 0 Å². The zero-order valence-electron chi connectivity index (χ0n) is 7.58. The van der Waals surface area contributed by atoms with Gasteiger partial charge in [0.15, 0.2) is 0 Å². The molecule has 74 valence electrons. The number of hydrogen-bond donors (Lipinski definition) is 1.